The average molecular weight is 559 g/mol. The van der Waals surface area contributed by atoms with Gasteiger partial charge in [0.1, 0.15) is 11.9 Å². The van der Waals surface area contributed by atoms with Gasteiger partial charge in [0.15, 0.2) is 0 Å². The Hall–Kier alpha value is -2.76. The number of carbonyl (C=O) groups excluding carboxylic acids is 2. The Labute approximate surface area is 230 Å². The molecule has 1 saturated carbocycles. The zero-order valence-electron chi connectivity index (χ0n) is 21.6. The van der Waals surface area contributed by atoms with Crippen LogP contribution in [-0.2, 0) is 26.5 Å². The molecular formula is C28H34N2O6S2. The number of anilines is 1. The van der Waals surface area contributed by atoms with Crippen molar-refractivity contribution in [1.82, 2.24) is 4.90 Å². The summed E-state index contributed by atoms with van der Waals surface area (Å²) >= 11 is 2.67. The van der Waals surface area contributed by atoms with Gasteiger partial charge in [-0.05, 0) is 61.7 Å². The highest BCUT2D eigenvalue weighted by molar-refractivity contribution is 7.12. The van der Waals surface area contributed by atoms with Gasteiger partial charge in [-0.15, -0.1) is 22.7 Å². The van der Waals surface area contributed by atoms with Gasteiger partial charge in [0.2, 0.25) is 11.5 Å². The zero-order chi connectivity index (χ0) is 27.1. The monoisotopic (exact) mass is 558 g/mol. The number of carbonyl (C=O) groups is 2. The second-order valence-corrected chi connectivity index (χ2v) is 11.4. The number of amides is 1. The summed E-state index contributed by atoms with van der Waals surface area (Å²) in [5, 5.41) is 27.4. The second-order valence-electron chi connectivity index (χ2n) is 9.46. The molecular weight excluding hydrogens is 524 g/mol. The van der Waals surface area contributed by atoms with Crippen molar-refractivity contribution in [2.45, 2.75) is 56.5 Å². The molecule has 0 unspecified atom stereocenters. The van der Waals surface area contributed by atoms with Crippen LogP contribution in [0.25, 0.3) is 0 Å². The van der Waals surface area contributed by atoms with Crippen LogP contribution in [-0.4, -0.2) is 59.8 Å². The molecule has 38 heavy (non-hydrogen) atoms. The maximum Gasteiger partial charge on any atom is 0.349 e. The average Bonchev–Trinajstić information content (AvgIpc) is 3.67. The first-order chi connectivity index (χ1) is 18.3. The van der Waals surface area contributed by atoms with Crippen molar-refractivity contribution >= 4 is 40.2 Å². The molecule has 8 nitrogen and oxygen atoms in total. The van der Waals surface area contributed by atoms with Gasteiger partial charge in [-0.25, -0.2) is 4.79 Å². The molecule has 2 heterocycles. The number of nitrogens with zero attached hydrogens (tertiary/aromatic N) is 1. The van der Waals surface area contributed by atoms with E-state index in [4.69, 9.17) is 9.47 Å². The number of nitrogens with one attached hydrogen (secondary N) is 1. The third-order valence-electron chi connectivity index (χ3n) is 7.02. The lowest BCUT2D eigenvalue weighted by atomic mass is 9.91. The minimum absolute atomic E-state index is 0.0975. The maximum absolute atomic E-state index is 13.2. The number of aliphatic hydroxyl groups excluding tert-OH is 1. The molecule has 0 saturated heterocycles. The molecule has 4 rings (SSSR count). The van der Waals surface area contributed by atoms with Crippen LogP contribution in [0.15, 0.2) is 53.2 Å². The predicted molar refractivity (Wildman–Crippen MR) is 149 cm³/mol. The fraction of sp³-hybridized carbons (Fsp3) is 0.429. The van der Waals surface area contributed by atoms with Crippen molar-refractivity contribution in [2.75, 3.05) is 26.0 Å². The third kappa shape index (κ3) is 6.44. The van der Waals surface area contributed by atoms with Crippen LogP contribution < -0.4 is 10.1 Å². The molecule has 204 valence electrons. The van der Waals surface area contributed by atoms with Crippen molar-refractivity contribution in [2.24, 2.45) is 0 Å². The van der Waals surface area contributed by atoms with Gasteiger partial charge < -0.3 is 29.9 Å². The smallest absolute Gasteiger partial charge is 0.349 e. The summed E-state index contributed by atoms with van der Waals surface area (Å²) in [6, 6.07) is 12.6. The van der Waals surface area contributed by atoms with Crippen LogP contribution in [0.3, 0.4) is 0 Å². The van der Waals surface area contributed by atoms with Crippen LogP contribution in [0.1, 0.15) is 47.4 Å². The highest BCUT2D eigenvalue weighted by Crippen LogP contribution is 2.38. The molecule has 1 aromatic carbocycles. The molecule has 1 aliphatic rings. The summed E-state index contributed by atoms with van der Waals surface area (Å²) < 4.78 is 11.1. The molecule has 10 heteroatoms. The van der Waals surface area contributed by atoms with Gasteiger partial charge >= 0.3 is 5.97 Å². The molecule has 3 aromatic rings. The highest BCUT2D eigenvalue weighted by atomic mass is 32.1. The lowest BCUT2D eigenvalue weighted by molar-refractivity contribution is -0.169. The molecule has 0 atom stereocenters. The Kier molecular flexibility index (Phi) is 9.56. The van der Waals surface area contributed by atoms with Crippen LogP contribution in [0.4, 0.5) is 5.69 Å². The highest BCUT2D eigenvalue weighted by Gasteiger charge is 2.45. The number of hydrogen-bond donors (Lipinski definition) is 3. The Morgan fingerprint density at radius 3 is 2.29 bits per heavy atom. The van der Waals surface area contributed by atoms with E-state index in [0.717, 1.165) is 12.8 Å². The van der Waals surface area contributed by atoms with Crippen molar-refractivity contribution in [3.8, 4) is 5.75 Å². The fourth-order valence-corrected chi connectivity index (χ4v) is 6.48. The van der Waals surface area contributed by atoms with Gasteiger partial charge in [0.05, 0.1) is 23.5 Å². The molecule has 1 aliphatic carbocycles. The zero-order valence-corrected chi connectivity index (χ0v) is 23.2. The Morgan fingerprint density at radius 2 is 1.74 bits per heavy atom. The van der Waals surface area contributed by atoms with E-state index in [1.807, 2.05) is 29.9 Å². The van der Waals surface area contributed by atoms with Crippen molar-refractivity contribution in [3.63, 3.8) is 0 Å². The molecule has 0 spiro atoms. The maximum atomic E-state index is 13.2. The number of esters is 1. The molecule has 0 bridgehead atoms. The summed E-state index contributed by atoms with van der Waals surface area (Å²) in [4.78, 5) is 29.0. The Bertz CT molecular complexity index is 1160. The first kappa shape index (κ1) is 28.3. The number of thiophene rings is 2. The van der Waals surface area contributed by atoms with E-state index in [2.05, 4.69) is 10.2 Å². The van der Waals surface area contributed by atoms with Gasteiger partial charge in [0.25, 0.3) is 0 Å². The van der Waals surface area contributed by atoms with Gasteiger partial charge in [0, 0.05) is 36.3 Å². The number of aliphatic hydroxyl groups is 2. The largest absolute Gasteiger partial charge is 0.496 e. The SMILES string of the molecule is COc1cc(NC(=O)CCN(C)C2CCC(OC(=O)C(O)(c3cccs3)c3cccs3)CC2)ccc1CO. The van der Waals surface area contributed by atoms with Crippen molar-refractivity contribution in [1.29, 1.82) is 0 Å². The van der Waals surface area contributed by atoms with Crippen molar-refractivity contribution in [3.05, 3.63) is 68.5 Å². The van der Waals surface area contributed by atoms with Gasteiger partial charge in [-0.3, -0.25) is 4.79 Å². The standard InChI is InChI=1S/C28H34N2O6S2/c1-30(14-13-26(32)29-20-8-7-19(18-31)23(17-20)35-2)21-9-11-22(12-10-21)36-27(33)28(34,24-5-3-15-37-24)25-6-4-16-38-25/h3-8,15-17,21-22,31,34H,9-14,18H2,1-2H3,(H,29,32). The van der Waals surface area contributed by atoms with Crippen LogP contribution in [0.5, 0.6) is 5.75 Å². The van der Waals surface area contributed by atoms with E-state index in [9.17, 15) is 19.8 Å². The molecule has 0 radical (unpaired) electrons. The number of methoxy groups -OCH3 is 1. The lowest BCUT2D eigenvalue weighted by Crippen LogP contribution is -2.42. The predicted octanol–water partition coefficient (Wildman–Crippen LogP) is 4.36. The first-order valence-corrected chi connectivity index (χ1v) is 14.4. The minimum atomic E-state index is -1.79. The number of rotatable bonds is 11. The number of benzene rings is 1. The third-order valence-corrected chi connectivity index (χ3v) is 8.98. The van der Waals surface area contributed by atoms with E-state index in [0.29, 0.717) is 52.6 Å². The van der Waals surface area contributed by atoms with E-state index in [1.165, 1.54) is 29.8 Å². The van der Waals surface area contributed by atoms with Crippen LogP contribution in [0, 0.1) is 0 Å². The Balaban J connectivity index is 1.25. The van der Waals surface area contributed by atoms with Crippen LogP contribution >= 0.6 is 22.7 Å². The van der Waals surface area contributed by atoms with E-state index in [-0.39, 0.29) is 24.7 Å². The molecule has 1 fully saturated rings. The lowest BCUT2D eigenvalue weighted by Gasteiger charge is -2.35. The summed E-state index contributed by atoms with van der Waals surface area (Å²) in [6.07, 6.45) is 3.17. The summed E-state index contributed by atoms with van der Waals surface area (Å²) in [6.45, 7) is 0.469. The topological polar surface area (TPSA) is 108 Å². The molecule has 2 aromatic heterocycles. The number of ether oxygens (including phenoxy) is 2. The van der Waals surface area contributed by atoms with E-state index < -0.39 is 11.6 Å². The summed E-state index contributed by atoms with van der Waals surface area (Å²) in [7, 11) is 3.54. The van der Waals surface area contributed by atoms with Gasteiger partial charge in [-0.1, -0.05) is 18.2 Å². The molecule has 3 N–H and O–H groups in total. The summed E-state index contributed by atoms with van der Waals surface area (Å²) in [5.41, 5.74) is -0.500. The van der Waals surface area contributed by atoms with Crippen LogP contribution in [0.2, 0.25) is 0 Å². The summed E-state index contributed by atoms with van der Waals surface area (Å²) in [5.74, 6) is -0.191. The van der Waals surface area contributed by atoms with Gasteiger partial charge in [-0.2, -0.15) is 0 Å². The molecule has 1 amide bonds. The minimum Gasteiger partial charge on any atom is -0.496 e. The fourth-order valence-electron chi connectivity index (χ4n) is 4.77. The quantitative estimate of drug-likeness (QED) is 0.300. The van der Waals surface area contributed by atoms with Crippen molar-refractivity contribution < 1.29 is 29.3 Å². The molecule has 0 aliphatic heterocycles. The van der Waals surface area contributed by atoms with E-state index >= 15 is 0 Å². The normalized spacial score (nSPS) is 17.8. The van der Waals surface area contributed by atoms with E-state index in [1.54, 1.807) is 30.3 Å². The first-order valence-electron chi connectivity index (χ1n) is 12.6. The number of hydrogen-bond acceptors (Lipinski definition) is 9. The second kappa shape index (κ2) is 12.9. The Morgan fingerprint density at radius 1 is 1.08 bits per heavy atom.